The van der Waals surface area contributed by atoms with Crippen molar-refractivity contribution >= 4 is 34.1 Å². The predicted octanol–water partition coefficient (Wildman–Crippen LogP) is 3.00. The van der Waals surface area contributed by atoms with Gasteiger partial charge in [0.25, 0.3) is 0 Å². The van der Waals surface area contributed by atoms with E-state index in [0.29, 0.717) is 42.6 Å². The average Bonchev–Trinajstić information content (AvgIpc) is 3.15. The van der Waals surface area contributed by atoms with Crippen LogP contribution in [0.4, 0.5) is 11.4 Å². The molecule has 1 aromatic heterocycles. The number of ether oxygens (including phenoxy) is 2. The summed E-state index contributed by atoms with van der Waals surface area (Å²) < 4.78 is 11.1. The molecule has 0 spiro atoms. The Labute approximate surface area is 167 Å². The van der Waals surface area contributed by atoms with Crippen molar-refractivity contribution in [3.05, 3.63) is 54.7 Å². The molecule has 0 bridgehead atoms. The number of carbonyl (C=O) groups excluding carboxylic acids is 2. The highest BCUT2D eigenvalue weighted by atomic mass is 16.6. The molecule has 2 aliphatic heterocycles. The molecule has 5 rings (SSSR count). The standard InChI is InChI=1S/C22H19N3O4/c26-21-11-14(13-25(21)15-6-7-19-20(12-15)29-10-9-28-19)22(27)24-18-5-1-4-17-16(18)3-2-8-23-17/h1-8,12,14H,9-11,13H2,(H,24,27)/t14-/m0/s1. The Morgan fingerprint density at radius 1 is 1.07 bits per heavy atom. The Morgan fingerprint density at radius 2 is 1.93 bits per heavy atom. The van der Waals surface area contributed by atoms with E-state index in [4.69, 9.17) is 9.47 Å². The van der Waals surface area contributed by atoms with Crippen molar-refractivity contribution in [2.24, 2.45) is 5.92 Å². The van der Waals surface area contributed by atoms with Crippen LogP contribution in [0.3, 0.4) is 0 Å². The van der Waals surface area contributed by atoms with E-state index in [1.165, 1.54) is 0 Å². The molecular weight excluding hydrogens is 370 g/mol. The van der Waals surface area contributed by atoms with Gasteiger partial charge in [0.15, 0.2) is 11.5 Å². The molecule has 7 heteroatoms. The van der Waals surface area contributed by atoms with Gasteiger partial charge < -0.3 is 19.7 Å². The molecule has 3 aromatic rings. The summed E-state index contributed by atoms with van der Waals surface area (Å²) in [4.78, 5) is 31.4. The number of hydrogen-bond donors (Lipinski definition) is 1. The Bertz CT molecular complexity index is 1110. The second-order valence-corrected chi connectivity index (χ2v) is 7.10. The summed E-state index contributed by atoms with van der Waals surface area (Å²) >= 11 is 0. The number of hydrogen-bond acceptors (Lipinski definition) is 5. The van der Waals surface area contributed by atoms with Gasteiger partial charge >= 0.3 is 0 Å². The minimum Gasteiger partial charge on any atom is -0.486 e. The number of amides is 2. The van der Waals surface area contributed by atoms with Gasteiger partial charge in [0.1, 0.15) is 13.2 Å². The molecule has 2 aliphatic rings. The van der Waals surface area contributed by atoms with E-state index >= 15 is 0 Å². The number of benzene rings is 2. The van der Waals surface area contributed by atoms with Crippen molar-refractivity contribution in [2.45, 2.75) is 6.42 Å². The third-order valence-electron chi connectivity index (χ3n) is 5.24. The van der Waals surface area contributed by atoms with E-state index in [0.717, 1.165) is 10.9 Å². The summed E-state index contributed by atoms with van der Waals surface area (Å²) in [6, 6.07) is 14.8. The maximum absolute atomic E-state index is 12.9. The second kappa shape index (κ2) is 7.09. The monoisotopic (exact) mass is 389 g/mol. The van der Waals surface area contributed by atoms with Crippen molar-refractivity contribution in [2.75, 3.05) is 30.0 Å². The minimum atomic E-state index is -0.428. The summed E-state index contributed by atoms with van der Waals surface area (Å²) in [6.07, 6.45) is 1.89. The molecule has 2 aromatic carbocycles. The van der Waals surface area contributed by atoms with Crippen molar-refractivity contribution in [1.82, 2.24) is 4.98 Å². The van der Waals surface area contributed by atoms with Gasteiger partial charge in [0.05, 0.1) is 17.1 Å². The molecule has 2 amide bonds. The van der Waals surface area contributed by atoms with Gasteiger partial charge in [0, 0.05) is 36.3 Å². The summed E-state index contributed by atoms with van der Waals surface area (Å²) in [5, 5.41) is 3.84. The predicted molar refractivity (Wildman–Crippen MR) is 108 cm³/mol. The zero-order valence-electron chi connectivity index (χ0n) is 15.6. The SMILES string of the molecule is O=C(Nc1cccc2ncccc12)[C@H]1CC(=O)N(c2ccc3c(c2)OCCO3)C1. The lowest BCUT2D eigenvalue weighted by Gasteiger charge is -2.22. The number of aromatic nitrogens is 1. The molecule has 0 radical (unpaired) electrons. The fourth-order valence-corrected chi connectivity index (χ4v) is 3.78. The third kappa shape index (κ3) is 3.24. The first kappa shape index (κ1) is 17.5. The number of fused-ring (bicyclic) bond motifs is 2. The number of nitrogens with zero attached hydrogens (tertiary/aromatic N) is 2. The summed E-state index contributed by atoms with van der Waals surface area (Å²) in [5.74, 6) is 0.613. The van der Waals surface area contributed by atoms with Crippen LogP contribution in [0.5, 0.6) is 11.5 Å². The third-order valence-corrected chi connectivity index (χ3v) is 5.24. The summed E-state index contributed by atoms with van der Waals surface area (Å²) in [7, 11) is 0. The van der Waals surface area contributed by atoms with E-state index in [9.17, 15) is 9.59 Å². The Kier molecular flexibility index (Phi) is 4.27. The zero-order valence-corrected chi connectivity index (χ0v) is 15.6. The van der Waals surface area contributed by atoms with Gasteiger partial charge in [-0.15, -0.1) is 0 Å². The van der Waals surface area contributed by atoms with Crippen LogP contribution < -0.4 is 19.7 Å². The van der Waals surface area contributed by atoms with Crippen LogP contribution in [0.25, 0.3) is 10.9 Å². The van der Waals surface area contributed by atoms with Gasteiger partial charge in [-0.1, -0.05) is 6.07 Å². The van der Waals surface area contributed by atoms with Gasteiger partial charge in [-0.25, -0.2) is 0 Å². The zero-order chi connectivity index (χ0) is 19.8. The molecule has 1 N–H and O–H groups in total. The number of rotatable bonds is 3. The van der Waals surface area contributed by atoms with Gasteiger partial charge in [-0.2, -0.15) is 0 Å². The molecule has 146 valence electrons. The lowest BCUT2D eigenvalue weighted by atomic mass is 10.1. The topological polar surface area (TPSA) is 80.8 Å². The normalized spacial score (nSPS) is 18.1. The molecule has 3 heterocycles. The number of pyridine rings is 1. The summed E-state index contributed by atoms with van der Waals surface area (Å²) in [5.41, 5.74) is 2.22. The first-order chi connectivity index (χ1) is 14.2. The highest BCUT2D eigenvalue weighted by molar-refractivity contribution is 6.06. The van der Waals surface area contributed by atoms with Crippen LogP contribution in [0.1, 0.15) is 6.42 Å². The van der Waals surface area contributed by atoms with Crippen LogP contribution in [0.15, 0.2) is 54.7 Å². The lowest BCUT2D eigenvalue weighted by molar-refractivity contribution is -0.122. The van der Waals surface area contributed by atoms with E-state index in [1.54, 1.807) is 23.2 Å². The van der Waals surface area contributed by atoms with Crippen molar-refractivity contribution in [3.8, 4) is 11.5 Å². The highest BCUT2D eigenvalue weighted by Crippen LogP contribution is 2.36. The van der Waals surface area contributed by atoms with Crippen LogP contribution in [-0.2, 0) is 9.59 Å². The van der Waals surface area contributed by atoms with Crippen molar-refractivity contribution < 1.29 is 19.1 Å². The molecular formula is C22H19N3O4. The average molecular weight is 389 g/mol. The lowest BCUT2D eigenvalue weighted by Crippen LogP contribution is -2.28. The van der Waals surface area contributed by atoms with Crippen LogP contribution >= 0.6 is 0 Å². The van der Waals surface area contributed by atoms with E-state index in [-0.39, 0.29) is 18.2 Å². The van der Waals surface area contributed by atoms with E-state index < -0.39 is 5.92 Å². The van der Waals surface area contributed by atoms with E-state index in [1.807, 2.05) is 36.4 Å². The van der Waals surface area contributed by atoms with Crippen LogP contribution in [-0.4, -0.2) is 36.6 Å². The number of anilines is 2. The largest absolute Gasteiger partial charge is 0.486 e. The van der Waals surface area contributed by atoms with Crippen LogP contribution in [0, 0.1) is 5.92 Å². The first-order valence-electron chi connectivity index (χ1n) is 9.54. The first-order valence-corrected chi connectivity index (χ1v) is 9.54. The fraction of sp³-hybridized carbons (Fsp3) is 0.227. The fourth-order valence-electron chi connectivity index (χ4n) is 3.78. The Hall–Kier alpha value is -3.61. The number of carbonyl (C=O) groups is 2. The van der Waals surface area contributed by atoms with Crippen molar-refractivity contribution in [3.63, 3.8) is 0 Å². The van der Waals surface area contributed by atoms with Gasteiger partial charge in [-0.05, 0) is 36.4 Å². The van der Waals surface area contributed by atoms with Crippen molar-refractivity contribution in [1.29, 1.82) is 0 Å². The maximum Gasteiger partial charge on any atom is 0.229 e. The second-order valence-electron chi connectivity index (χ2n) is 7.10. The van der Waals surface area contributed by atoms with Gasteiger partial charge in [0.2, 0.25) is 11.8 Å². The molecule has 1 saturated heterocycles. The quantitative estimate of drug-likeness (QED) is 0.745. The highest BCUT2D eigenvalue weighted by Gasteiger charge is 2.35. The van der Waals surface area contributed by atoms with Gasteiger partial charge in [-0.3, -0.25) is 14.6 Å². The Balaban J connectivity index is 1.34. The molecule has 29 heavy (non-hydrogen) atoms. The van der Waals surface area contributed by atoms with Crippen LogP contribution in [0.2, 0.25) is 0 Å². The van der Waals surface area contributed by atoms with E-state index in [2.05, 4.69) is 10.3 Å². The smallest absolute Gasteiger partial charge is 0.229 e. The molecule has 7 nitrogen and oxygen atoms in total. The molecule has 0 aliphatic carbocycles. The molecule has 0 unspecified atom stereocenters. The number of nitrogens with one attached hydrogen (secondary N) is 1. The molecule has 1 atom stereocenters. The minimum absolute atomic E-state index is 0.0820. The summed E-state index contributed by atoms with van der Waals surface area (Å²) in [6.45, 7) is 1.32. The maximum atomic E-state index is 12.9. The molecule has 1 fully saturated rings. The molecule has 0 saturated carbocycles. The Morgan fingerprint density at radius 3 is 2.83 bits per heavy atom.